The monoisotopic (exact) mass is 406 g/mol. The van der Waals surface area contributed by atoms with Crippen molar-refractivity contribution in [1.82, 2.24) is 15.6 Å². The highest BCUT2D eigenvalue weighted by Gasteiger charge is 2.24. The third kappa shape index (κ3) is 7.61. The number of nitrogens with zero attached hydrogens (tertiary/aromatic N) is 2. The van der Waals surface area contributed by atoms with Crippen molar-refractivity contribution in [3.05, 3.63) is 30.1 Å². The number of hydrogen-bond donors (Lipinski definition) is 2. The van der Waals surface area contributed by atoms with Gasteiger partial charge in [0.2, 0.25) is 0 Å². The van der Waals surface area contributed by atoms with Crippen LogP contribution in [0.1, 0.15) is 26.5 Å². The van der Waals surface area contributed by atoms with Gasteiger partial charge in [0.25, 0.3) is 0 Å². The molecule has 0 saturated carbocycles. The van der Waals surface area contributed by atoms with Gasteiger partial charge in [-0.2, -0.15) is 0 Å². The molecule has 120 valence electrons. The predicted molar refractivity (Wildman–Crippen MR) is 98.1 cm³/mol. The van der Waals surface area contributed by atoms with Gasteiger partial charge >= 0.3 is 0 Å². The van der Waals surface area contributed by atoms with Crippen LogP contribution in [0.15, 0.2) is 29.4 Å². The van der Waals surface area contributed by atoms with Crippen LogP contribution in [0.4, 0.5) is 0 Å². The van der Waals surface area contributed by atoms with E-state index in [1.54, 1.807) is 20.4 Å². The van der Waals surface area contributed by atoms with Crippen molar-refractivity contribution in [1.29, 1.82) is 0 Å². The molecular weight excluding hydrogens is 379 g/mol. The van der Waals surface area contributed by atoms with Crippen LogP contribution in [0.2, 0.25) is 0 Å². The summed E-state index contributed by atoms with van der Waals surface area (Å²) in [6.45, 7) is 7.84. The van der Waals surface area contributed by atoms with Gasteiger partial charge in [0.05, 0.1) is 18.3 Å². The third-order valence-electron chi connectivity index (χ3n) is 3.09. The Morgan fingerprint density at radius 3 is 2.52 bits per heavy atom. The lowest BCUT2D eigenvalue weighted by Gasteiger charge is -2.30. The molecule has 1 heterocycles. The lowest BCUT2D eigenvalue weighted by Crippen LogP contribution is -2.45. The minimum Gasteiger partial charge on any atom is -0.379 e. The summed E-state index contributed by atoms with van der Waals surface area (Å²) in [6.07, 6.45) is 1.91. The van der Waals surface area contributed by atoms with E-state index in [0.717, 1.165) is 11.7 Å². The van der Waals surface area contributed by atoms with E-state index in [9.17, 15) is 0 Å². The van der Waals surface area contributed by atoms with E-state index in [2.05, 4.69) is 41.4 Å². The Labute approximate surface area is 145 Å². The standard InChI is InChI=1S/C15H26N4O.HI/c1-15(2,3)13(20-5)11-19-14(16-4)18-10-12-8-6-7-9-17-12;/h6-9,13H,10-11H2,1-5H3,(H2,16,18,19);1H. The maximum Gasteiger partial charge on any atom is 0.191 e. The number of hydrogen-bond acceptors (Lipinski definition) is 3. The molecule has 1 rings (SSSR count). The number of guanidine groups is 1. The molecule has 0 spiro atoms. The van der Waals surface area contributed by atoms with Crippen LogP contribution in [0, 0.1) is 5.41 Å². The molecule has 0 bridgehead atoms. The Balaban J connectivity index is 0.00000400. The Hall–Kier alpha value is -0.890. The number of methoxy groups -OCH3 is 1. The molecule has 2 N–H and O–H groups in total. The molecule has 1 atom stereocenters. The first-order valence-electron chi connectivity index (χ1n) is 6.84. The highest BCUT2D eigenvalue weighted by atomic mass is 127. The van der Waals surface area contributed by atoms with Crippen molar-refractivity contribution in [2.24, 2.45) is 10.4 Å². The average molecular weight is 406 g/mol. The van der Waals surface area contributed by atoms with Crippen molar-refractivity contribution in [2.45, 2.75) is 33.4 Å². The zero-order valence-electron chi connectivity index (χ0n) is 13.5. The Morgan fingerprint density at radius 2 is 2.05 bits per heavy atom. The van der Waals surface area contributed by atoms with E-state index in [4.69, 9.17) is 4.74 Å². The molecule has 6 heteroatoms. The number of aliphatic imine (C=N–C) groups is 1. The molecule has 0 aliphatic carbocycles. The lowest BCUT2D eigenvalue weighted by molar-refractivity contribution is 0.0205. The summed E-state index contributed by atoms with van der Waals surface area (Å²) in [5, 5.41) is 6.52. The van der Waals surface area contributed by atoms with Gasteiger partial charge in [-0.15, -0.1) is 24.0 Å². The first-order valence-corrected chi connectivity index (χ1v) is 6.84. The van der Waals surface area contributed by atoms with Gasteiger partial charge in [0.15, 0.2) is 5.96 Å². The van der Waals surface area contributed by atoms with Crippen LogP contribution in [0.3, 0.4) is 0 Å². The fourth-order valence-electron chi connectivity index (χ4n) is 1.83. The minimum absolute atomic E-state index is 0. The van der Waals surface area contributed by atoms with Crippen LogP contribution >= 0.6 is 24.0 Å². The molecular formula is C15H27IN4O. The summed E-state index contributed by atoms with van der Waals surface area (Å²) in [7, 11) is 3.49. The highest BCUT2D eigenvalue weighted by molar-refractivity contribution is 14.0. The van der Waals surface area contributed by atoms with Crippen molar-refractivity contribution >= 4 is 29.9 Å². The van der Waals surface area contributed by atoms with Crippen LogP contribution in [-0.2, 0) is 11.3 Å². The largest absolute Gasteiger partial charge is 0.379 e. The number of ether oxygens (including phenoxy) is 1. The molecule has 0 amide bonds. The molecule has 1 aromatic heterocycles. The lowest BCUT2D eigenvalue weighted by atomic mass is 9.89. The van der Waals surface area contributed by atoms with Crippen LogP contribution < -0.4 is 10.6 Å². The number of halogens is 1. The van der Waals surface area contributed by atoms with Gasteiger partial charge in [0, 0.05) is 26.9 Å². The average Bonchev–Trinajstić information content (AvgIpc) is 2.42. The summed E-state index contributed by atoms with van der Waals surface area (Å²) >= 11 is 0. The SMILES string of the molecule is CN=C(NCc1ccccn1)NCC(OC)C(C)(C)C.I. The molecule has 21 heavy (non-hydrogen) atoms. The summed E-state index contributed by atoms with van der Waals surface area (Å²) in [4.78, 5) is 8.47. The first kappa shape index (κ1) is 20.1. The van der Waals surface area contributed by atoms with Gasteiger partial charge in [-0.05, 0) is 17.5 Å². The topological polar surface area (TPSA) is 58.5 Å². The Bertz CT molecular complexity index is 417. The van der Waals surface area contributed by atoms with Crippen LogP contribution in [-0.4, -0.2) is 37.7 Å². The maximum absolute atomic E-state index is 5.51. The van der Waals surface area contributed by atoms with E-state index in [1.807, 2.05) is 18.2 Å². The fraction of sp³-hybridized carbons (Fsp3) is 0.600. The van der Waals surface area contributed by atoms with Crippen molar-refractivity contribution in [3.63, 3.8) is 0 Å². The molecule has 1 unspecified atom stereocenters. The normalized spacial score (nSPS) is 13.3. The molecule has 0 aliphatic rings. The molecule has 0 fully saturated rings. The first-order chi connectivity index (χ1) is 9.47. The molecule has 1 aromatic rings. The fourth-order valence-corrected chi connectivity index (χ4v) is 1.83. The van der Waals surface area contributed by atoms with Gasteiger partial charge < -0.3 is 15.4 Å². The number of nitrogens with one attached hydrogen (secondary N) is 2. The number of pyridine rings is 1. The molecule has 0 aromatic carbocycles. The van der Waals surface area contributed by atoms with Crippen molar-refractivity contribution in [2.75, 3.05) is 20.7 Å². The van der Waals surface area contributed by atoms with E-state index >= 15 is 0 Å². The zero-order valence-corrected chi connectivity index (χ0v) is 15.8. The van der Waals surface area contributed by atoms with Crippen molar-refractivity contribution < 1.29 is 4.74 Å². The van der Waals surface area contributed by atoms with E-state index in [0.29, 0.717) is 13.1 Å². The van der Waals surface area contributed by atoms with Crippen LogP contribution in [0.25, 0.3) is 0 Å². The van der Waals surface area contributed by atoms with Crippen molar-refractivity contribution in [3.8, 4) is 0 Å². The number of rotatable bonds is 5. The Kier molecular flexibility index (Phi) is 9.52. The maximum atomic E-state index is 5.51. The highest BCUT2D eigenvalue weighted by Crippen LogP contribution is 2.20. The molecule has 5 nitrogen and oxygen atoms in total. The van der Waals surface area contributed by atoms with E-state index in [-0.39, 0.29) is 35.5 Å². The van der Waals surface area contributed by atoms with Crippen LogP contribution in [0.5, 0.6) is 0 Å². The van der Waals surface area contributed by atoms with E-state index < -0.39 is 0 Å². The smallest absolute Gasteiger partial charge is 0.191 e. The molecule has 0 radical (unpaired) electrons. The van der Waals surface area contributed by atoms with E-state index in [1.165, 1.54) is 0 Å². The molecule has 0 aliphatic heterocycles. The second kappa shape index (κ2) is 9.94. The second-order valence-electron chi connectivity index (χ2n) is 5.72. The Morgan fingerprint density at radius 1 is 1.33 bits per heavy atom. The second-order valence-corrected chi connectivity index (χ2v) is 5.72. The predicted octanol–water partition coefficient (Wildman–Crippen LogP) is 2.43. The summed E-state index contributed by atoms with van der Waals surface area (Å²) in [5.41, 5.74) is 1.07. The summed E-state index contributed by atoms with van der Waals surface area (Å²) < 4.78 is 5.51. The third-order valence-corrected chi connectivity index (χ3v) is 3.09. The van der Waals surface area contributed by atoms with Gasteiger partial charge in [-0.3, -0.25) is 9.98 Å². The van der Waals surface area contributed by atoms with Gasteiger partial charge in [-0.25, -0.2) is 0 Å². The summed E-state index contributed by atoms with van der Waals surface area (Å²) in [6, 6.07) is 5.86. The molecule has 0 saturated heterocycles. The van der Waals surface area contributed by atoms with Gasteiger partial charge in [-0.1, -0.05) is 26.8 Å². The zero-order chi connectivity index (χ0) is 15.0. The quantitative estimate of drug-likeness (QED) is 0.448. The van der Waals surface area contributed by atoms with Gasteiger partial charge in [0.1, 0.15) is 0 Å². The summed E-state index contributed by atoms with van der Waals surface area (Å²) in [5.74, 6) is 0.752. The number of aromatic nitrogens is 1. The minimum atomic E-state index is 0.